The fourth-order valence-corrected chi connectivity index (χ4v) is 7.48. The van der Waals surface area contributed by atoms with Gasteiger partial charge in [0, 0.05) is 24.9 Å². The van der Waals surface area contributed by atoms with Crippen molar-refractivity contribution in [2.45, 2.75) is 56.9 Å². The summed E-state index contributed by atoms with van der Waals surface area (Å²) < 4.78 is 19.9. The largest absolute Gasteiger partial charge is 0.469 e. The number of esters is 1. The van der Waals surface area contributed by atoms with Gasteiger partial charge in [0.15, 0.2) is 0 Å². The molecule has 0 unspecified atom stereocenters. The Bertz CT molecular complexity index is 1000. The summed E-state index contributed by atoms with van der Waals surface area (Å²) in [6.07, 6.45) is 7.24. The van der Waals surface area contributed by atoms with Crippen LogP contribution in [-0.4, -0.2) is 55.6 Å². The topological polar surface area (TPSA) is 32.8 Å². The molecule has 0 N–H and O–H groups in total. The molecule has 0 spiro atoms. The van der Waals surface area contributed by atoms with Crippen molar-refractivity contribution >= 4 is 5.97 Å². The number of piperidine rings is 1. The standard InChI is InChI=1S/C31H41FN2O2/c1-36-30(35)20-25-10-5-13-29(25)31(23-34-16-7-17-34,27-11-6-12-28(32)21-27)26-14-18-33(19-15-26)22-24-8-3-2-4-9-24/h2-4,6,8-9,11-12,21,25-26,29H,5,7,10,13-20,22-23H2,1H3/t25-,29+,31+/m1/s1. The number of likely N-dealkylation sites (tertiary alicyclic amines) is 2. The Morgan fingerprint density at radius 3 is 2.39 bits per heavy atom. The normalized spacial score (nSPS) is 25.3. The maximum atomic E-state index is 14.8. The average Bonchev–Trinajstić information content (AvgIpc) is 3.33. The Morgan fingerprint density at radius 1 is 0.944 bits per heavy atom. The molecule has 2 saturated heterocycles. The van der Waals surface area contributed by atoms with E-state index in [1.807, 2.05) is 12.1 Å². The first kappa shape index (κ1) is 25.4. The second kappa shape index (κ2) is 11.4. The number of carbonyl (C=O) groups is 1. The van der Waals surface area contributed by atoms with Crippen LogP contribution >= 0.6 is 0 Å². The Labute approximate surface area is 215 Å². The van der Waals surface area contributed by atoms with Gasteiger partial charge in [0.2, 0.25) is 0 Å². The summed E-state index contributed by atoms with van der Waals surface area (Å²) in [4.78, 5) is 17.6. The van der Waals surface area contributed by atoms with Gasteiger partial charge >= 0.3 is 5.97 Å². The second-order valence-electron chi connectivity index (χ2n) is 11.3. The predicted octanol–water partition coefficient (Wildman–Crippen LogP) is 5.66. The van der Waals surface area contributed by atoms with Gasteiger partial charge in [-0.3, -0.25) is 9.69 Å². The summed E-state index contributed by atoms with van der Waals surface area (Å²) in [6.45, 7) is 6.33. The van der Waals surface area contributed by atoms with E-state index in [-0.39, 0.29) is 17.2 Å². The molecule has 2 aromatic rings. The molecule has 5 heteroatoms. The van der Waals surface area contributed by atoms with E-state index in [4.69, 9.17) is 4.74 Å². The lowest BCUT2D eigenvalue weighted by Gasteiger charge is -2.53. The van der Waals surface area contributed by atoms with Gasteiger partial charge in [0.05, 0.1) is 7.11 Å². The van der Waals surface area contributed by atoms with E-state index >= 15 is 0 Å². The highest BCUT2D eigenvalue weighted by molar-refractivity contribution is 5.69. The first-order valence-corrected chi connectivity index (χ1v) is 13.9. The predicted molar refractivity (Wildman–Crippen MR) is 141 cm³/mol. The minimum absolute atomic E-state index is 0.110. The van der Waals surface area contributed by atoms with Gasteiger partial charge in [0.25, 0.3) is 0 Å². The van der Waals surface area contributed by atoms with Crippen LogP contribution in [0.15, 0.2) is 54.6 Å². The van der Waals surface area contributed by atoms with Gasteiger partial charge < -0.3 is 9.64 Å². The SMILES string of the molecule is COC(=O)C[C@H]1CCC[C@@H]1[C@](CN1CCC1)(c1cccc(F)c1)C1CCN(Cc2ccccc2)CC1. The highest BCUT2D eigenvalue weighted by atomic mass is 19.1. The molecule has 5 rings (SSSR count). The van der Waals surface area contributed by atoms with Crippen molar-refractivity contribution in [3.8, 4) is 0 Å². The summed E-state index contributed by atoms with van der Waals surface area (Å²) in [6, 6.07) is 18.2. The van der Waals surface area contributed by atoms with E-state index in [0.29, 0.717) is 24.2 Å². The highest BCUT2D eigenvalue weighted by Crippen LogP contribution is 2.54. The van der Waals surface area contributed by atoms with E-state index in [0.717, 1.165) is 76.9 Å². The van der Waals surface area contributed by atoms with Gasteiger partial charge in [-0.25, -0.2) is 4.39 Å². The molecule has 2 aromatic carbocycles. The van der Waals surface area contributed by atoms with Crippen LogP contribution in [0.4, 0.5) is 4.39 Å². The van der Waals surface area contributed by atoms with Crippen LogP contribution in [0.1, 0.15) is 56.1 Å². The van der Waals surface area contributed by atoms with Crippen molar-refractivity contribution in [1.29, 1.82) is 0 Å². The molecule has 0 radical (unpaired) electrons. The zero-order valence-corrected chi connectivity index (χ0v) is 21.7. The molecule has 1 aliphatic carbocycles. The number of methoxy groups -OCH3 is 1. The quantitative estimate of drug-likeness (QED) is 0.423. The molecular formula is C31H41FN2O2. The minimum Gasteiger partial charge on any atom is -0.469 e. The molecule has 1 saturated carbocycles. The lowest BCUT2D eigenvalue weighted by Crippen LogP contribution is -2.57. The smallest absolute Gasteiger partial charge is 0.305 e. The molecule has 4 nitrogen and oxygen atoms in total. The molecule has 3 aliphatic rings. The number of benzene rings is 2. The Hall–Kier alpha value is -2.24. The summed E-state index contributed by atoms with van der Waals surface area (Å²) in [7, 11) is 1.49. The van der Waals surface area contributed by atoms with E-state index in [9.17, 15) is 9.18 Å². The zero-order valence-electron chi connectivity index (χ0n) is 21.7. The number of ether oxygens (including phenoxy) is 1. The van der Waals surface area contributed by atoms with Gasteiger partial charge in [-0.1, -0.05) is 48.9 Å². The van der Waals surface area contributed by atoms with Crippen molar-refractivity contribution < 1.29 is 13.9 Å². The number of hydrogen-bond donors (Lipinski definition) is 0. The monoisotopic (exact) mass is 492 g/mol. The van der Waals surface area contributed by atoms with Gasteiger partial charge in [-0.05, 0) is 99.3 Å². The first-order valence-electron chi connectivity index (χ1n) is 13.9. The van der Waals surface area contributed by atoms with E-state index in [1.54, 1.807) is 6.07 Å². The maximum absolute atomic E-state index is 14.8. The van der Waals surface area contributed by atoms with Gasteiger partial charge in [-0.15, -0.1) is 0 Å². The molecule has 36 heavy (non-hydrogen) atoms. The van der Waals surface area contributed by atoms with Crippen LogP contribution in [0.3, 0.4) is 0 Å². The maximum Gasteiger partial charge on any atom is 0.305 e. The zero-order chi connectivity index (χ0) is 25.0. The van der Waals surface area contributed by atoms with Gasteiger partial charge in [-0.2, -0.15) is 0 Å². The van der Waals surface area contributed by atoms with Crippen molar-refractivity contribution in [3.05, 3.63) is 71.5 Å². The van der Waals surface area contributed by atoms with Crippen molar-refractivity contribution in [3.63, 3.8) is 0 Å². The number of nitrogens with zero attached hydrogens (tertiary/aromatic N) is 2. The fraction of sp³-hybridized carbons (Fsp3) is 0.581. The molecule has 3 fully saturated rings. The van der Waals surface area contributed by atoms with E-state index < -0.39 is 0 Å². The minimum atomic E-state index is -0.149. The second-order valence-corrected chi connectivity index (χ2v) is 11.3. The Morgan fingerprint density at radius 2 is 1.72 bits per heavy atom. The lowest BCUT2D eigenvalue weighted by molar-refractivity contribution is -0.142. The van der Waals surface area contributed by atoms with Gasteiger partial charge in [0.1, 0.15) is 5.82 Å². The van der Waals surface area contributed by atoms with Crippen molar-refractivity contribution in [1.82, 2.24) is 9.80 Å². The first-order chi connectivity index (χ1) is 17.6. The number of rotatable bonds is 9. The molecule has 2 heterocycles. The fourth-order valence-electron chi connectivity index (χ4n) is 7.48. The number of carbonyl (C=O) groups excluding carboxylic acids is 1. The lowest BCUT2D eigenvalue weighted by atomic mass is 9.56. The van der Waals surface area contributed by atoms with Crippen LogP contribution < -0.4 is 0 Å². The van der Waals surface area contributed by atoms with Crippen molar-refractivity contribution in [2.75, 3.05) is 39.8 Å². The van der Waals surface area contributed by atoms with Crippen LogP contribution in [-0.2, 0) is 21.5 Å². The van der Waals surface area contributed by atoms with Crippen LogP contribution in [0, 0.1) is 23.6 Å². The molecule has 3 atom stereocenters. The molecule has 0 amide bonds. The third-order valence-corrected chi connectivity index (χ3v) is 9.34. The summed E-state index contributed by atoms with van der Waals surface area (Å²) in [5.41, 5.74) is 2.37. The summed E-state index contributed by atoms with van der Waals surface area (Å²) in [5.74, 6) is 0.871. The van der Waals surface area contributed by atoms with E-state index in [2.05, 4.69) is 46.2 Å². The Balaban J connectivity index is 1.46. The number of hydrogen-bond acceptors (Lipinski definition) is 4. The third-order valence-electron chi connectivity index (χ3n) is 9.34. The molecule has 2 aliphatic heterocycles. The van der Waals surface area contributed by atoms with Crippen molar-refractivity contribution in [2.24, 2.45) is 17.8 Å². The van der Waals surface area contributed by atoms with E-state index in [1.165, 1.54) is 19.1 Å². The number of halogens is 1. The summed E-state index contributed by atoms with van der Waals surface area (Å²) in [5, 5.41) is 0. The highest BCUT2D eigenvalue weighted by Gasteiger charge is 2.52. The van der Waals surface area contributed by atoms with Crippen LogP contribution in [0.25, 0.3) is 0 Å². The summed E-state index contributed by atoms with van der Waals surface area (Å²) >= 11 is 0. The average molecular weight is 493 g/mol. The Kier molecular flexibility index (Phi) is 8.07. The molecular weight excluding hydrogens is 451 g/mol. The third kappa shape index (κ3) is 5.38. The molecule has 194 valence electrons. The van der Waals surface area contributed by atoms with Crippen LogP contribution in [0.5, 0.6) is 0 Å². The molecule has 0 bridgehead atoms. The van der Waals surface area contributed by atoms with Crippen LogP contribution in [0.2, 0.25) is 0 Å². The molecule has 0 aromatic heterocycles.